The number of hydrogen-bond acceptors (Lipinski definition) is 6. The first-order valence-corrected chi connectivity index (χ1v) is 7.77. The van der Waals surface area contributed by atoms with Crippen LogP contribution in [-0.2, 0) is 9.53 Å². The molecule has 2 N–H and O–H groups in total. The van der Waals surface area contributed by atoms with Gasteiger partial charge in [-0.05, 0) is 13.0 Å². The lowest BCUT2D eigenvalue weighted by atomic mass is 10.2. The summed E-state index contributed by atoms with van der Waals surface area (Å²) in [6.07, 6.45) is 0.394. The predicted octanol–water partition coefficient (Wildman–Crippen LogP) is 0.960. The van der Waals surface area contributed by atoms with Gasteiger partial charge >= 0.3 is 5.97 Å². The van der Waals surface area contributed by atoms with Crippen molar-refractivity contribution in [1.29, 1.82) is 0 Å². The number of ether oxygens (including phenoxy) is 1. The van der Waals surface area contributed by atoms with E-state index in [0.29, 0.717) is 36.6 Å². The Balaban J connectivity index is 1.83. The van der Waals surface area contributed by atoms with Crippen LogP contribution in [-0.4, -0.2) is 61.5 Å². The fourth-order valence-electron chi connectivity index (χ4n) is 2.28. The lowest BCUT2D eigenvalue weighted by molar-refractivity contribution is -0.141. The van der Waals surface area contributed by atoms with Crippen LogP contribution in [0.25, 0.3) is 0 Å². The van der Waals surface area contributed by atoms with Crippen molar-refractivity contribution in [2.45, 2.75) is 13.3 Å². The standard InChI is InChI=1S/C14H21N3O3S/c1-10-11(15)9-12(21-10)14(19)17-7-5-16(6-8-17)4-3-13(18)20-2/h9H,3-8,15H2,1-2H3. The van der Waals surface area contributed by atoms with Gasteiger partial charge in [-0.3, -0.25) is 14.5 Å². The quantitative estimate of drug-likeness (QED) is 0.838. The third-order valence-corrected chi connectivity index (χ3v) is 4.74. The van der Waals surface area contributed by atoms with E-state index < -0.39 is 0 Å². The number of piperazine rings is 1. The Morgan fingerprint density at radius 2 is 2.00 bits per heavy atom. The minimum Gasteiger partial charge on any atom is -0.469 e. The van der Waals surface area contributed by atoms with E-state index in [0.717, 1.165) is 18.0 Å². The molecule has 0 radical (unpaired) electrons. The Hall–Kier alpha value is -1.60. The molecule has 0 atom stereocenters. The van der Waals surface area contributed by atoms with Crippen LogP contribution in [0.4, 0.5) is 5.69 Å². The summed E-state index contributed by atoms with van der Waals surface area (Å²) < 4.78 is 4.63. The van der Waals surface area contributed by atoms with Crippen LogP contribution in [0.15, 0.2) is 6.07 Å². The van der Waals surface area contributed by atoms with Gasteiger partial charge in [0.05, 0.1) is 18.4 Å². The molecule has 1 saturated heterocycles. The van der Waals surface area contributed by atoms with Crippen molar-refractivity contribution >= 4 is 28.9 Å². The highest BCUT2D eigenvalue weighted by molar-refractivity contribution is 7.14. The number of esters is 1. The first kappa shape index (κ1) is 15.8. The highest BCUT2D eigenvalue weighted by Crippen LogP contribution is 2.25. The predicted molar refractivity (Wildman–Crippen MR) is 82.4 cm³/mol. The smallest absolute Gasteiger partial charge is 0.306 e. The summed E-state index contributed by atoms with van der Waals surface area (Å²) in [5.41, 5.74) is 6.48. The van der Waals surface area contributed by atoms with Gasteiger partial charge in [0.1, 0.15) is 0 Å². The Bertz CT molecular complexity index is 502. The van der Waals surface area contributed by atoms with E-state index in [2.05, 4.69) is 9.64 Å². The molecule has 0 unspecified atom stereocenters. The summed E-state index contributed by atoms with van der Waals surface area (Å²) in [6, 6.07) is 1.76. The Morgan fingerprint density at radius 3 is 2.52 bits per heavy atom. The SMILES string of the molecule is COC(=O)CCN1CCN(C(=O)c2cc(N)c(C)s2)CC1. The number of amides is 1. The van der Waals surface area contributed by atoms with Gasteiger partial charge in [0.25, 0.3) is 5.91 Å². The molecular weight excluding hydrogens is 290 g/mol. The number of anilines is 1. The van der Waals surface area contributed by atoms with Crippen LogP contribution in [0.5, 0.6) is 0 Å². The van der Waals surface area contributed by atoms with Crippen LogP contribution < -0.4 is 5.73 Å². The second-order valence-electron chi connectivity index (χ2n) is 5.08. The maximum absolute atomic E-state index is 12.4. The van der Waals surface area contributed by atoms with Gasteiger partial charge in [-0.1, -0.05) is 0 Å². The molecule has 1 amide bonds. The first-order valence-electron chi connectivity index (χ1n) is 6.95. The molecular formula is C14H21N3O3S. The zero-order chi connectivity index (χ0) is 15.4. The monoisotopic (exact) mass is 311 g/mol. The second kappa shape index (κ2) is 6.91. The molecule has 0 aromatic carbocycles. The number of thiophene rings is 1. The van der Waals surface area contributed by atoms with Crippen molar-refractivity contribution in [2.75, 3.05) is 45.6 Å². The first-order chi connectivity index (χ1) is 10.0. The maximum atomic E-state index is 12.4. The van der Waals surface area contributed by atoms with Gasteiger partial charge in [-0.15, -0.1) is 11.3 Å². The number of hydrogen-bond donors (Lipinski definition) is 1. The lowest BCUT2D eigenvalue weighted by Gasteiger charge is -2.34. The van der Waals surface area contributed by atoms with Crippen LogP contribution in [0.3, 0.4) is 0 Å². The van der Waals surface area contributed by atoms with E-state index in [4.69, 9.17) is 5.73 Å². The Labute approximate surface area is 128 Å². The molecule has 2 rings (SSSR count). The Morgan fingerprint density at radius 1 is 1.33 bits per heavy atom. The third kappa shape index (κ3) is 3.95. The average molecular weight is 311 g/mol. The number of aryl methyl sites for hydroxylation is 1. The molecule has 0 saturated carbocycles. The van der Waals surface area contributed by atoms with Gasteiger partial charge in [0.15, 0.2) is 0 Å². The van der Waals surface area contributed by atoms with E-state index in [-0.39, 0.29) is 11.9 Å². The minimum atomic E-state index is -0.196. The van der Waals surface area contributed by atoms with E-state index in [9.17, 15) is 9.59 Å². The molecule has 2 heterocycles. The fraction of sp³-hybridized carbons (Fsp3) is 0.571. The summed E-state index contributed by atoms with van der Waals surface area (Å²) in [6.45, 7) is 5.51. The van der Waals surface area contributed by atoms with E-state index in [1.54, 1.807) is 6.07 Å². The van der Waals surface area contributed by atoms with Gasteiger partial charge in [-0.25, -0.2) is 0 Å². The third-order valence-electron chi connectivity index (χ3n) is 3.69. The summed E-state index contributed by atoms with van der Waals surface area (Å²) in [7, 11) is 1.40. The lowest BCUT2D eigenvalue weighted by Crippen LogP contribution is -2.48. The molecule has 21 heavy (non-hydrogen) atoms. The van der Waals surface area contributed by atoms with E-state index >= 15 is 0 Å². The van der Waals surface area contributed by atoms with E-state index in [1.807, 2.05) is 11.8 Å². The zero-order valence-corrected chi connectivity index (χ0v) is 13.2. The van der Waals surface area contributed by atoms with Crippen LogP contribution in [0, 0.1) is 6.92 Å². The number of nitrogens with zero attached hydrogens (tertiary/aromatic N) is 2. The summed E-state index contributed by atoms with van der Waals surface area (Å²) >= 11 is 1.44. The van der Waals surface area contributed by atoms with Crippen molar-refractivity contribution in [3.8, 4) is 0 Å². The number of methoxy groups -OCH3 is 1. The normalized spacial score (nSPS) is 16.0. The minimum absolute atomic E-state index is 0.0485. The molecule has 116 valence electrons. The molecule has 1 fully saturated rings. The summed E-state index contributed by atoms with van der Waals surface area (Å²) in [5, 5.41) is 0. The van der Waals surface area contributed by atoms with Crippen LogP contribution in [0.2, 0.25) is 0 Å². The van der Waals surface area contributed by atoms with Gasteiger partial charge in [0, 0.05) is 43.3 Å². The molecule has 1 aromatic heterocycles. The number of carbonyl (C=O) groups excluding carboxylic acids is 2. The zero-order valence-electron chi connectivity index (χ0n) is 12.4. The van der Waals surface area contributed by atoms with Crippen LogP contribution in [0.1, 0.15) is 21.0 Å². The van der Waals surface area contributed by atoms with Crippen molar-refractivity contribution < 1.29 is 14.3 Å². The summed E-state index contributed by atoms with van der Waals surface area (Å²) in [4.78, 5) is 29.2. The molecule has 0 aliphatic carbocycles. The molecule has 1 aromatic rings. The van der Waals surface area contributed by atoms with E-state index in [1.165, 1.54) is 18.4 Å². The molecule has 0 bridgehead atoms. The molecule has 7 heteroatoms. The number of carbonyl (C=O) groups is 2. The molecule has 6 nitrogen and oxygen atoms in total. The van der Waals surface area contributed by atoms with Crippen molar-refractivity contribution in [2.24, 2.45) is 0 Å². The molecule has 1 aliphatic rings. The fourth-order valence-corrected chi connectivity index (χ4v) is 3.19. The largest absolute Gasteiger partial charge is 0.469 e. The second-order valence-corrected chi connectivity index (χ2v) is 6.34. The highest BCUT2D eigenvalue weighted by atomic mass is 32.1. The number of rotatable bonds is 4. The van der Waals surface area contributed by atoms with Gasteiger partial charge in [0.2, 0.25) is 0 Å². The topological polar surface area (TPSA) is 75.9 Å². The van der Waals surface area contributed by atoms with Crippen molar-refractivity contribution in [1.82, 2.24) is 9.80 Å². The maximum Gasteiger partial charge on any atom is 0.306 e. The average Bonchev–Trinajstić information content (AvgIpc) is 2.84. The summed E-state index contributed by atoms with van der Waals surface area (Å²) in [5.74, 6) is -0.148. The molecule has 1 aliphatic heterocycles. The number of nitrogens with two attached hydrogens (primary N) is 1. The van der Waals surface area contributed by atoms with Crippen molar-refractivity contribution in [3.63, 3.8) is 0 Å². The van der Waals surface area contributed by atoms with Gasteiger partial charge in [-0.2, -0.15) is 0 Å². The Kier molecular flexibility index (Phi) is 5.19. The number of nitrogen functional groups attached to an aromatic ring is 1. The highest BCUT2D eigenvalue weighted by Gasteiger charge is 2.23. The van der Waals surface area contributed by atoms with Crippen molar-refractivity contribution in [3.05, 3.63) is 15.8 Å². The molecule has 0 spiro atoms. The van der Waals surface area contributed by atoms with Gasteiger partial charge < -0.3 is 15.4 Å². The van der Waals surface area contributed by atoms with Crippen LogP contribution >= 0.6 is 11.3 Å².